The van der Waals surface area contributed by atoms with E-state index in [2.05, 4.69) is 11.2 Å². The van der Waals surface area contributed by atoms with Gasteiger partial charge in [-0.05, 0) is 83.6 Å². The molecule has 1 aromatic rings. The number of ether oxygens (including phenoxy) is 1. The zero-order chi connectivity index (χ0) is 25.3. The van der Waals surface area contributed by atoms with Crippen molar-refractivity contribution in [3.05, 3.63) is 57.6 Å². The summed E-state index contributed by atoms with van der Waals surface area (Å²) in [4.78, 5) is 32.9. The molecule has 1 aromatic carbocycles. The van der Waals surface area contributed by atoms with Crippen LogP contribution >= 0.6 is 11.6 Å². The van der Waals surface area contributed by atoms with Crippen LogP contribution in [0.5, 0.6) is 0 Å². The molecule has 0 aliphatic carbocycles. The third-order valence-corrected chi connectivity index (χ3v) is 6.09. The van der Waals surface area contributed by atoms with E-state index in [1.165, 1.54) is 0 Å². The number of cyclic esters (lactones) is 1. The molecular weight excluding hydrogens is 452 g/mol. The number of halogens is 1. The topological polar surface area (TPSA) is 68.2 Å². The number of oxime groups is 1. The molecule has 1 aliphatic rings. The Bertz CT molecular complexity index is 956. The van der Waals surface area contributed by atoms with Crippen LogP contribution in [0.2, 0.25) is 5.02 Å². The summed E-state index contributed by atoms with van der Waals surface area (Å²) in [7, 11) is 0. The Labute approximate surface area is 208 Å². The quantitative estimate of drug-likeness (QED) is 0.291. The Morgan fingerprint density at radius 1 is 1.09 bits per heavy atom. The average Bonchev–Trinajstić information content (AvgIpc) is 2.74. The number of allylic oxidation sites excluding steroid dienone is 3. The van der Waals surface area contributed by atoms with Gasteiger partial charge in [0.2, 0.25) is 0 Å². The van der Waals surface area contributed by atoms with Crippen molar-refractivity contribution in [2.24, 2.45) is 5.16 Å². The number of benzene rings is 1. The van der Waals surface area contributed by atoms with Gasteiger partial charge in [-0.1, -0.05) is 41.1 Å². The van der Waals surface area contributed by atoms with E-state index in [1.54, 1.807) is 4.90 Å². The predicted octanol–water partition coefficient (Wildman–Crippen LogP) is 5.97. The maximum Gasteiger partial charge on any atom is 0.338 e. The molecule has 0 radical (unpaired) electrons. The van der Waals surface area contributed by atoms with Gasteiger partial charge in [-0.3, -0.25) is 4.79 Å². The zero-order valence-corrected chi connectivity index (χ0v) is 21.9. The van der Waals surface area contributed by atoms with Crippen LogP contribution in [-0.2, 0) is 20.8 Å². The third-order valence-electron chi connectivity index (χ3n) is 5.57. The van der Waals surface area contributed by atoms with Gasteiger partial charge < -0.3 is 14.5 Å². The van der Waals surface area contributed by atoms with Crippen molar-refractivity contribution in [1.29, 1.82) is 0 Å². The molecule has 0 bridgehead atoms. The molecule has 1 aliphatic heterocycles. The largest absolute Gasteiger partial charge is 0.462 e. The molecule has 0 atom stereocenters. The molecule has 1 heterocycles. The molecule has 0 unspecified atom stereocenters. The van der Waals surface area contributed by atoms with Crippen LogP contribution in [0.1, 0.15) is 74.0 Å². The van der Waals surface area contributed by atoms with Gasteiger partial charge in [0.1, 0.15) is 0 Å². The highest BCUT2D eigenvalue weighted by molar-refractivity contribution is 6.33. The molecule has 0 saturated carbocycles. The van der Waals surface area contributed by atoms with E-state index in [9.17, 15) is 9.59 Å². The van der Waals surface area contributed by atoms with E-state index < -0.39 is 5.97 Å². The number of amides is 1. The standard InChI is InChI=1S/C27H37ClN2O4/c1-18(2)30(19(3)4)24(31)17-34-29-22-13-11-9-7-8-10-12-14-33-27(32)25-20(5)15-21(6)26(28)23(25)16-22/h8,10-11,13,15,18-19H,7,9,12,14,16-17H2,1-6H3/b10-8+,13-11+,29-22+. The molecule has 0 fully saturated rings. The van der Waals surface area contributed by atoms with Crippen LogP contribution in [0.25, 0.3) is 0 Å². The van der Waals surface area contributed by atoms with Crippen molar-refractivity contribution in [3.63, 3.8) is 0 Å². The lowest BCUT2D eigenvalue weighted by atomic mass is 9.94. The predicted molar refractivity (Wildman–Crippen MR) is 138 cm³/mol. The number of esters is 1. The van der Waals surface area contributed by atoms with Gasteiger partial charge in [0.05, 0.1) is 17.9 Å². The van der Waals surface area contributed by atoms with Crippen molar-refractivity contribution in [1.82, 2.24) is 4.90 Å². The van der Waals surface area contributed by atoms with Crippen LogP contribution in [0.4, 0.5) is 0 Å². The van der Waals surface area contributed by atoms with E-state index in [-0.39, 0.29) is 31.0 Å². The Kier molecular flexibility index (Phi) is 10.8. The second-order valence-electron chi connectivity index (χ2n) is 9.07. The number of carbonyl (C=O) groups excluding carboxylic acids is 2. The summed E-state index contributed by atoms with van der Waals surface area (Å²) < 4.78 is 5.52. The van der Waals surface area contributed by atoms with Gasteiger partial charge in [-0.2, -0.15) is 0 Å². The van der Waals surface area contributed by atoms with E-state index in [1.807, 2.05) is 65.8 Å². The highest BCUT2D eigenvalue weighted by Gasteiger charge is 2.23. The summed E-state index contributed by atoms with van der Waals surface area (Å²) >= 11 is 6.66. The molecule has 6 nitrogen and oxygen atoms in total. The monoisotopic (exact) mass is 488 g/mol. The molecule has 0 spiro atoms. The van der Waals surface area contributed by atoms with E-state index in [0.717, 1.165) is 24.0 Å². The molecule has 0 N–H and O–H groups in total. The highest BCUT2D eigenvalue weighted by atomic mass is 35.5. The Morgan fingerprint density at radius 2 is 1.74 bits per heavy atom. The van der Waals surface area contributed by atoms with E-state index in [4.69, 9.17) is 21.2 Å². The first-order chi connectivity index (χ1) is 16.1. The smallest absolute Gasteiger partial charge is 0.338 e. The maximum absolute atomic E-state index is 12.9. The minimum absolute atomic E-state index is 0.0636. The van der Waals surface area contributed by atoms with E-state index in [0.29, 0.717) is 34.9 Å². The van der Waals surface area contributed by atoms with Crippen LogP contribution in [0, 0.1) is 13.8 Å². The first-order valence-electron chi connectivity index (χ1n) is 11.9. The average molecular weight is 489 g/mol. The van der Waals surface area contributed by atoms with Gasteiger partial charge in [0.15, 0.2) is 6.61 Å². The lowest BCUT2D eigenvalue weighted by Gasteiger charge is -2.30. The number of fused-ring (bicyclic) bond motifs is 1. The second-order valence-corrected chi connectivity index (χ2v) is 9.45. The zero-order valence-electron chi connectivity index (χ0n) is 21.2. The van der Waals surface area contributed by atoms with Crippen LogP contribution < -0.4 is 0 Å². The van der Waals surface area contributed by atoms with Crippen LogP contribution in [0.3, 0.4) is 0 Å². The number of carbonyl (C=O) groups is 2. The van der Waals surface area contributed by atoms with Crippen molar-refractivity contribution in [2.45, 2.75) is 79.3 Å². The van der Waals surface area contributed by atoms with E-state index >= 15 is 0 Å². The second kappa shape index (κ2) is 13.3. The Hall–Kier alpha value is -2.60. The minimum Gasteiger partial charge on any atom is -0.462 e. The molecular formula is C27H37ClN2O4. The number of aryl methyl sites for hydroxylation is 2. The Morgan fingerprint density at radius 3 is 2.41 bits per heavy atom. The van der Waals surface area contributed by atoms with Crippen molar-refractivity contribution in [2.75, 3.05) is 13.2 Å². The SMILES string of the molecule is Cc1cc(C)c2c(c1Cl)CC(=N/OCC(=O)N(C(C)C)C(C)C)/C=C/CC/C=C/CCOC2=O. The molecule has 7 heteroatoms. The van der Waals surface area contributed by atoms with Crippen LogP contribution in [-0.4, -0.2) is 47.8 Å². The summed E-state index contributed by atoms with van der Waals surface area (Å²) in [6.07, 6.45) is 10.6. The van der Waals surface area contributed by atoms with Gasteiger partial charge in [-0.15, -0.1) is 0 Å². The first kappa shape index (κ1) is 27.6. The molecule has 186 valence electrons. The number of nitrogens with zero attached hydrogens (tertiary/aromatic N) is 2. The van der Waals surface area contributed by atoms with Gasteiger partial charge in [0, 0.05) is 23.5 Å². The molecule has 0 saturated heterocycles. The fourth-order valence-electron chi connectivity index (χ4n) is 4.16. The molecule has 34 heavy (non-hydrogen) atoms. The molecule has 1 amide bonds. The molecule has 2 rings (SSSR count). The number of hydrogen-bond acceptors (Lipinski definition) is 5. The molecule has 0 aromatic heterocycles. The van der Waals surface area contributed by atoms with Crippen molar-refractivity contribution in [3.8, 4) is 0 Å². The third kappa shape index (κ3) is 7.73. The van der Waals surface area contributed by atoms with Crippen molar-refractivity contribution >= 4 is 29.2 Å². The van der Waals surface area contributed by atoms with Gasteiger partial charge in [-0.25, -0.2) is 4.79 Å². The van der Waals surface area contributed by atoms with Crippen molar-refractivity contribution < 1.29 is 19.2 Å². The normalized spacial score (nSPS) is 18.3. The number of hydrogen-bond donors (Lipinski definition) is 0. The maximum atomic E-state index is 12.9. The summed E-state index contributed by atoms with van der Waals surface area (Å²) in [5, 5.41) is 4.78. The summed E-state index contributed by atoms with van der Waals surface area (Å²) in [5.74, 6) is -0.526. The van der Waals surface area contributed by atoms with Gasteiger partial charge >= 0.3 is 5.97 Å². The minimum atomic E-state index is -0.399. The first-order valence-corrected chi connectivity index (χ1v) is 12.3. The summed E-state index contributed by atoms with van der Waals surface area (Å²) in [5.41, 5.74) is 3.36. The van der Waals surface area contributed by atoms with Crippen LogP contribution in [0.15, 0.2) is 35.5 Å². The fourth-order valence-corrected chi connectivity index (χ4v) is 4.37. The summed E-state index contributed by atoms with van der Waals surface area (Å²) in [6, 6.07) is 2.02. The fraction of sp³-hybridized carbons (Fsp3) is 0.519. The van der Waals surface area contributed by atoms with Gasteiger partial charge in [0.25, 0.3) is 5.91 Å². The lowest BCUT2D eigenvalue weighted by Crippen LogP contribution is -2.43. The number of rotatable bonds is 5. The lowest BCUT2D eigenvalue weighted by molar-refractivity contribution is -0.139. The summed E-state index contributed by atoms with van der Waals surface area (Å²) in [6.45, 7) is 11.8. The Balaban J connectivity index is 2.38. The highest BCUT2D eigenvalue weighted by Crippen LogP contribution is 2.29.